The average Bonchev–Trinajstić information content (AvgIpc) is 3.29. The molecule has 0 aromatic carbocycles. The molecule has 9 heteroatoms. The minimum absolute atomic E-state index is 0.0381. The number of nitrogens with one attached hydrogen (secondary N) is 1. The number of carboxylic acid groups (broad SMARTS) is 1. The second kappa shape index (κ2) is 5.83. The fourth-order valence-electron chi connectivity index (χ4n) is 3.90. The molecule has 25 heavy (non-hydrogen) atoms. The Morgan fingerprint density at radius 3 is 2.84 bits per heavy atom. The van der Waals surface area contributed by atoms with Crippen molar-refractivity contribution in [3.63, 3.8) is 0 Å². The molecule has 2 aromatic rings. The zero-order valence-electron chi connectivity index (χ0n) is 13.5. The van der Waals surface area contributed by atoms with Crippen LogP contribution in [-0.2, 0) is 4.79 Å². The van der Waals surface area contributed by atoms with E-state index in [1.807, 2.05) is 0 Å². The van der Waals surface area contributed by atoms with Crippen LogP contribution in [-0.4, -0.2) is 54.8 Å². The van der Waals surface area contributed by atoms with Crippen LogP contribution in [0.15, 0.2) is 30.9 Å². The van der Waals surface area contributed by atoms with Gasteiger partial charge in [0.2, 0.25) is 5.95 Å². The van der Waals surface area contributed by atoms with Gasteiger partial charge in [0.25, 0.3) is 0 Å². The van der Waals surface area contributed by atoms with Crippen LogP contribution in [0.25, 0.3) is 5.95 Å². The summed E-state index contributed by atoms with van der Waals surface area (Å²) in [5.41, 5.74) is -0.266. The van der Waals surface area contributed by atoms with Crippen molar-refractivity contribution >= 4 is 17.7 Å². The number of likely N-dealkylation sites (tertiary alicyclic amines) is 1. The first-order valence-electron chi connectivity index (χ1n) is 8.20. The molecule has 2 atom stereocenters. The van der Waals surface area contributed by atoms with Crippen LogP contribution in [0.5, 0.6) is 0 Å². The van der Waals surface area contributed by atoms with E-state index in [-0.39, 0.29) is 18.5 Å². The lowest BCUT2D eigenvalue weighted by molar-refractivity contribution is -0.149. The van der Waals surface area contributed by atoms with E-state index in [0.29, 0.717) is 24.6 Å². The number of fused-ring (bicyclic) bond motifs is 1. The standard InChI is InChI=1S/C16H18N6O3/c23-13(24)16-4-1-3-11(16)8-21(10-16)15(25)20-12-7-19-22(9-12)14-17-5-2-6-18-14/h2,5-7,9,11H,1,3-4,8,10H2,(H,20,25)(H,23,24)/t11-,16+/m0/s1. The van der Waals surface area contributed by atoms with Crippen molar-refractivity contribution in [2.24, 2.45) is 11.3 Å². The van der Waals surface area contributed by atoms with Gasteiger partial charge in [-0.15, -0.1) is 0 Å². The summed E-state index contributed by atoms with van der Waals surface area (Å²) in [4.78, 5) is 34.0. The molecule has 0 bridgehead atoms. The molecule has 3 heterocycles. The van der Waals surface area contributed by atoms with Gasteiger partial charge >= 0.3 is 12.0 Å². The Hall–Kier alpha value is -2.97. The third-order valence-corrected chi connectivity index (χ3v) is 5.17. The Bertz CT molecular complexity index is 807. The van der Waals surface area contributed by atoms with E-state index in [1.165, 1.54) is 10.9 Å². The van der Waals surface area contributed by atoms with Gasteiger partial charge in [-0.2, -0.15) is 5.10 Å². The van der Waals surface area contributed by atoms with Crippen molar-refractivity contribution in [1.82, 2.24) is 24.6 Å². The van der Waals surface area contributed by atoms with Crippen LogP contribution in [0.4, 0.5) is 10.5 Å². The highest BCUT2D eigenvalue weighted by Crippen LogP contribution is 2.48. The smallest absolute Gasteiger partial charge is 0.321 e. The highest BCUT2D eigenvalue weighted by atomic mass is 16.4. The number of carbonyl (C=O) groups is 2. The van der Waals surface area contributed by atoms with Crippen molar-refractivity contribution in [2.45, 2.75) is 19.3 Å². The topological polar surface area (TPSA) is 113 Å². The highest BCUT2D eigenvalue weighted by molar-refractivity contribution is 5.90. The summed E-state index contributed by atoms with van der Waals surface area (Å²) >= 11 is 0. The van der Waals surface area contributed by atoms with E-state index in [9.17, 15) is 14.7 Å². The zero-order chi connectivity index (χ0) is 17.4. The first kappa shape index (κ1) is 15.6. The van der Waals surface area contributed by atoms with Crippen LogP contribution in [0.3, 0.4) is 0 Å². The summed E-state index contributed by atoms with van der Waals surface area (Å²) in [6.45, 7) is 0.739. The summed E-state index contributed by atoms with van der Waals surface area (Å²) < 4.78 is 1.47. The van der Waals surface area contributed by atoms with Gasteiger partial charge < -0.3 is 15.3 Å². The number of hydrogen-bond donors (Lipinski definition) is 2. The average molecular weight is 342 g/mol. The predicted molar refractivity (Wildman–Crippen MR) is 87.2 cm³/mol. The van der Waals surface area contributed by atoms with Crippen LogP contribution in [0.2, 0.25) is 0 Å². The largest absolute Gasteiger partial charge is 0.481 e. The van der Waals surface area contributed by atoms with Gasteiger partial charge in [0, 0.05) is 25.5 Å². The molecule has 2 amide bonds. The molecular formula is C16H18N6O3. The lowest BCUT2D eigenvalue weighted by Crippen LogP contribution is -2.38. The molecule has 1 aliphatic heterocycles. The van der Waals surface area contributed by atoms with Gasteiger partial charge in [0.05, 0.1) is 23.5 Å². The maximum Gasteiger partial charge on any atom is 0.321 e. The van der Waals surface area contributed by atoms with Crippen LogP contribution in [0, 0.1) is 11.3 Å². The normalized spacial score (nSPS) is 25.0. The molecule has 0 radical (unpaired) electrons. The second-order valence-corrected chi connectivity index (χ2v) is 6.58. The third-order valence-electron chi connectivity index (χ3n) is 5.17. The number of amides is 2. The van der Waals surface area contributed by atoms with Gasteiger partial charge in [0.1, 0.15) is 0 Å². The maximum atomic E-state index is 12.5. The molecule has 0 unspecified atom stereocenters. The van der Waals surface area contributed by atoms with Crippen molar-refractivity contribution in [1.29, 1.82) is 0 Å². The van der Waals surface area contributed by atoms with Gasteiger partial charge in [-0.05, 0) is 24.8 Å². The number of anilines is 1. The summed E-state index contributed by atoms with van der Waals surface area (Å²) in [5, 5.41) is 16.5. The number of carbonyl (C=O) groups excluding carboxylic acids is 1. The van der Waals surface area contributed by atoms with Crippen molar-refractivity contribution in [3.05, 3.63) is 30.9 Å². The molecule has 2 N–H and O–H groups in total. The number of hydrogen-bond acceptors (Lipinski definition) is 5. The van der Waals surface area contributed by atoms with E-state index in [2.05, 4.69) is 20.4 Å². The Balaban J connectivity index is 1.45. The molecular weight excluding hydrogens is 324 g/mol. The minimum Gasteiger partial charge on any atom is -0.481 e. The predicted octanol–water partition coefficient (Wildman–Crippen LogP) is 1.38. The number of urea groups is 1. The quantitative estimate of drug-likeness (QED) is 0.871. The minimum atomic E-state index is -0.792. The molecule has 0 spiro atoms. The third kappa shape index (κ3) is 2.61. The summed E-state index contributed by atoms with van der Waals surface area (Å²) in [7, 11) is 0. The summed E-state index contributed by atoms with van der Waals surface area (Å²) in [6.07, 6.45) is 8.76. The van der Waals surface area contributed by atoms with Crippen LogP contribution >= 0.6 is 0 Å². The molecule has 9 nitrogen and oxygen atoms in total. The Morgan fingerprint density at radius 2 is 2.12 bits per heavy atom. The van der Waals surface area contributed by atoms with E-state index < -0.39 is 11.4 Å². The molecule has 130 valence electrons. The molecule has 4 rings (SSSR count). The van der Waals surface area contributed by atoms with Gasteiger partial charge in [-0.25, -0.2) is 19.4 Å². The van der Waals surface area contributed by atoms with E-state index in [4.69, 9.17) is 0 Å². The van der Waals surface area contributed by atoms with Crippen molar-refractivity contribution in [2.75, 3.05) is 18.4 Å². The number of rotatable bonds is 3. The van der Waals surface area contributed by atoms with E-state index >= 15 is 0 Å². The first-order valence-corrected chi connectivity index (χ1v) is 8.20. The number of nitrogens with zero attached hydrogens (tertiary/aromatic N) is 5. The molecule has 1 saturated carbocycles. The van der Waals surface area contributed by atoms with Gasteiger partial charge in [-0.1, -0.05) is 6.42 Å². The highest BCUT2D eigenvalue weighted by Gasteiger charge is 2.55. The molecule has 2 aliphatic rings. The lowest BCUT2D eigenvalue weighted by Gasteiger charge is -2.23. The maximum absolute atomic E-state index is 12.5. The van der Waals surface area contributed by atoms with E-state index in [0.717, 1.165) is 12.8 Å². The Labute approximate surface area is 143 Å². The fraction of sp³-hybridized carbons (Fsp3) is 0.438. The zero-order valence-corrected chi connectivity index (χ0v) is 13.5. The second-order valence-electron chi connectivity index (χ2n) is 6.58. The lowest BCUT2D eigenvalue weighted by atomic mass is 9.81. The first-order chi connectivity index (χ1) is 12.1. The summed E-state index contributed by atoms with van der Waals surface area (Å²) in [6, 6.07) is 1.40. The number of carboxylic acids is 1. The van der Waals surface area contributed by atoms with Crippen LogP contribution in [0.1, 0.15) is 19.3 Å². The van der Waals surface area contributed by atoms with Crippen molar-refractivity contribution in [3.8, 4) is 5.95 Å². The van der Waals surface area contributed by atoms with Crippen LogP contribution < -0.4 is 5.32 Å². The van der Waals surface area contributed by atoms with Crippen molar-refractivity contribution < 1.29 is 14.7 Å². The molecule has 1 aliphatic carbocycles. The monoisotopic (exact) mass is 342 g/mol. The SMILES string of the molecule is O=C(Nc1cnn(-c2ncccn2)c1)N1C[C@@H]2CCC[C@@]2(C(=O)O)C1. The number of aliphatic carboxylic acids is 1. The fourth-order valence-corrected chi connectivity index (χ4v) is 3.90. The Morgan fingerprint density at radius 1 is 1.32 bits per heavy atom. The Kier molecular flexibility index (Phi) is 3.63. The van der Waals surface area contributed by atoms with E-state index in [1.54, 1.807) is 29.6 Å². The summed E-state index contributed by atoms with van der Waals surface area (Å²) in [5.74, 6) is -0.348. The molecule has 1 saturated heterocycles. The number of aromatic nitrogens is 4. The van der Waals surface area contributed by atoms with Gasteiger partial charge in [0.15, 0.2) is 0 Å². The molecule has 2 fully saturated rings. The van der Waals surface area contributed by atoms with Gasteiger partial charge in [-0.3, -0.25) is 4.79 Å². The molecule has 2 aromatic heterocycles.